The van der Waals surface area contributed by atoms with Gasteiger partial charge in [0.25, 0.3) is 11.5 Å². The molecule has 4 heterocycles. The monoisotopic (exact) mass is 522 g/mol. The number of carbonyl (C=O) groups excluding carboxylic acids is 1. The molecule has 0 unspecified atom stereocenters. The summed E-state index contributed by atoms with van der Waals surface area (Å²) in [5.74, 6) is 1.06. The van der Waals surface area contributed by atoms with Gasteiger partial charge in [-0.15, -0.1) is 0 Å². The topological polar surface area (TPSA) is 76.4 Å². The Bertz CT molecular complexity index is 1410. The molecule has 1 aromatic carbocycles. The number of methoxy groups -OCH3 is 1. The number of thioether (sulfide) groups is 1. The van der Waals surface area contributed by atoms with Crippen LogP contribution in [-0.4, -0.2) is 56.9 Å². The fourth-order valence-electron chi connectivity index (χ4n) is 4.49. The molecule has 186 valence electrons. The first-order valence-electron chi connectivity index (χ1n) is 11.6. The molecule has 10 heteroatoms. The van der Waals surface area contributed by atoms with Gasteiger partial charge >= 0.3 is 0 Å². The second-order valence-electron chi connectivity index (χ2n) is 8.86. The molecule has 2 saturated heterocycles. The minimum atomic E-state index is -0.233. The van der Waals surface area contributed by atoms with Crippen LogP contribution in [0.1, 0.15) is 25.0 Å². The fraction of sp³-hybridized carbons (Fsp3) is 0.308. The van der Waals surface area contributed by atoms with Crippen LogP contribution in [0.3, 0.4) is 0 Å². The summed E-state index contributed by atoms with van der Waals surface area (Å²) in [5.41, 5.74) is 1.61. The van der Waals surface area contributed by atoms with Crippen molar-refractivity contribution in [3.05, 3.63) is 75.0 Å². The van der Waals surface area contributed by atoms with E-state index in [0.717, 1.165) is 11.3 Å². The highest BCUT2D eigenvalue weighted by molar-refractivity contribution is 8.26. The highest BCUT2D eigenvalue weighted by atomic mass is 32.2. The number of ether oxygens (including phenoxy) is 2. The van der Waals surface area contributed by atoms with E-state index in [1.54, 1.807) is 36.4 Å². The molecule has 5 rings (SSSR count). The normalized spacial score (nSPS) is 21.6. The Hall–Kier alpha value is -3.21. The van der Waals surface area contributed by atoms with E-state index < -0.39 is 0 Å². The summed E-state index contributed by atoms with van der Waals surface area (Å²) in [6, 6.07) is 12.9. The third-order valence-corrected chi connectivity index (χ3v) is 7.49. The number of hydrogen-bond acceptors (Lipinski definition) is 8. The van der Waals surface area contributed by atoms with Gasteiger partial charge in [0, 0.05) is 19.3 Å². The number of rotatable bonds is 5. The lowest BCUT2D eigenvalue weighted by atomic mass is 10.1. The molecule has 2 aliphatic heterocycles. The van der Waals surface area contributed by atoms with Crippen molar-refractivity contribution in [2.75, 3.05) is 25.1 Å². The van der Waals surface area contributed by atoms with E-state index in [0.29, 0.717) is 45.9 Å². The van der Waals surface area contributed by atoms with Crippen molar-refractivity contribution in [2.45, 2.75) is 32.6 Å². The number of anilines is 1. The molecule has 1 amide bonds. The minimum absolute atomic E-state index is 0.0136. The van der Waals surface area contributed by atoms with Crippen LogP contribution in [0.2, 0.25) is 0 Å². The average molecular weight is 523 g/mol. The Morgan fingerprint density at radius 2 is 1.86 bits per heavy atom. The molecule has 2 aliphatic rings. The Morgan fingerprint density at radius 3 is 2.56 bits per heavy atom. The maximum absolute atomic E-state index is 13.6. The number of thiocarbonyl (C=S) groups is 1. The Kier molecular flexibility index (Phi) is 6.83. The third-order valence-electron chi connectivity index (χ3n) is 6.12. The van der Waals surface area contributed by atoms with Gasteiger partial charge in [-0.05, 0) is 49.8 Å². The molecule has 0 aliphatic carbocycles. The summed E-state index contributed by atoms with van der Waals surface area (Å²) < 4.78 is 13.1. The van der Waals surface area contributed by atoms with Gasteiger partial charge in [-0.2, -0.15) is 0 Å². The van der Waals surface area contributed by atoms with Gasteiger partial charge < -0.3 is 14.4 Å². The van der Waals surface area contributed by atoms with Crippen molar-refractivity contribution < 1.29 is 14.3 Å². The second kappa shape index (κ2) is 10.0. The lowest BCUT2D eigenvalue weighted by Gasteiger charge is -2.36. The van der Waals surface area contributed by atoms with E-state index in [1.165, 1.54) is 16.2 Å². The molecular weight excluding hydrogens is 496 g/mol. The van der Waals surface area contributed by atoms with Crippen LogP contribution >= 0.6 is 24.0 Å². The number of carbonyl (C=O) groups is 1. The summed E-state index contributed by atoms with van der Waals surface area (Å²) in [7, 11) is 1.61. The van der Waals surface area contributed by atoms with Gasteiger partial charge in [0.15, 0.2) is 0 Å². The molecule has 8 nitrogen and oxygen atoms in total. The number of hydrogen-bond donors (Lipinski definition) is 0. The van der Waals surface area contributed by atoms with E-state index in [1.807, 2.05) is 44.2 Å². The van der Waals surface area contributed by atoms with Gasteiger partial charge in [-0.25, -0.2) is 4.98 Å². The van der Waals surface area contributed by atoms with Gasteiger partial charge in [-0.3, -0.25) is 18.9 Å². The van der Waals surface area contributed by atoms with Crippen molar-refractivity contribution in [1.29, 1.82) is 0 Å². The smallest absolute Gasteiger partial charge is 0.267 e. The molecule has 0 N–H and O–H groups in total. The first-order chi connectivity index (χ1) is 17.3. The van der Waals surface area contributed by atoms with E-state index in [4.69, 9.17) is 26.7 Å². The maximum Gasteiger partial charge on any atom is 0.267 e. The summed E-state index contributed by atoms with van der Waals surface area (Å²) in [5, 5.41) is 0. The number of nitrogens with zero attached hydrogens (tertiary/aromatic N) is 4. The van der Waals surface area contributed by atoms with Gasteiger partial charge in [0.1, 0.15) is 21.5 Å². The van der Waals surface area contributed by atoms with Crippen LogP contribution in [-0.2, 0) is 16.1 Å². The Morgan fingerprint density at radius 1 is 1.14 bits per heavy atom. The average Bonchev–Trinajstić information content (AvgIpc) is 3.12. The van der Waals surface area contributed by atoms with E-state index >= 15 is 0 Å². The summed E-state index contributed by atoms with van der Waals surface area (Å²) >= 11 is 6.73. The molecule has 3 aromatic rings. The first kappa shape index (κ1) is 24.5. The van der Waals surface area contributed by atoms with Crippen LogP contribution < -0.4 is 15.2 Å². The maximum atomic E-state index is 13.6. The highest BCUT2D eigenvalue weighted by Gasteiger charge is 2.33. The van der Waals surface area contributed by atoms with E-state index in [9.17, 15) is 9.59 Å². The number of fused-ring (bicyclic) bond motifs is 1. The van der Waals surface area contributed by atoms with E-state index in [2.05, 4.69) is 4.90 Å². The van der Waals surface area contributed by atoms with Crippen molar-refractivity contribution in [1.82, 2.24) is 14.3 Å². The first-order valence-corrected chi connectivity index (χ1v) is 12.9. The number of aromatic nitrogens is 2. The zero-order chi connectivity index (χ0) is 25.4. The fourth-order valence-corrected chi connectivity index (χ4v) is 5.73. The van der Waals surface area contributed by atoms with Crippen LogP contribution in [0.5, 0.6) is 5.75 Å². The standard InChI is InChI=1S/C26H26N4O4S2/c1-16-13-28(14-17(2)34-16)23-20(24(31)29-11-5-4-6-22(29)27-23)12-21-25(32)30(26(35)36-21)15-18-7-9-19(33-3)10-8-18/h4-12,16-17H,13-15H2,1-3H3/b21-12-/t16-,17-/m1/s1. The molecule has 2 fully saturated rings. The Balaban J connectivity index is 1.53. The molecule has 2 atom stereocenters. The predicted molar refractivity (Wildman–Crippen MR) is 145 cm³/mol. The summed E-state index contributed by atoms with van der Waals surface area (Å²) in [4.78, 5) is 35.8. The number of benzene rings is 1. The molecule has 0 radical (unpaired) electrons. The lowest BCUT2D eigenvalue weighted by Crippen LogP contribution is -2.46. The quantitative estimate of drug-likeness (QED) is 0.371. The summed E-state index contributed by atoms with van der Waals surface area (Å²) in [6.45, 7) is 5.53. The molecular formula is C26H26N4O4S2. The van der Waals surface area contributed by atoms with Crippen LogP contribution in [0, 0.1) is 0 Å². The number of morpholine rings is 1. The predicted octanol–water partition coefficient (Wildman–Crippen LogP) is 3.72. The third kappa shape index (κ3) is 4.76. The minimum Gasteiger partial charge on any atom is -0.497 e. The molecule has 2 aromatic heterocycles. The van der Waals surface area contributed by atoms with Crippen LogP contribution in [0.15, 0.2) is 58.4 Å². The molecule has 0 bridgehead atoms. The Labute approximate surface area is 218 Å². The zero-order valence-corrected chi connectivity index (χ0v) is 21.8. The molecule has 0 spiro atoms. The number of pyridine rings is 1. The SMILES string of the molecule is COc1ccc(CN2C(=O)/C(=C/c3c(N4C[C@@H](C)O[C@H](C)C4)nc4ccccn4c3=O)SC2=S)cc1. The van der Waals surface area contributed by atoms with Crippen molar-refractivity contribution in [2.24, 2.45) is 0 Å². The zero-order valence-electron chi connectivity index (χ0n) is 20.2. The molecule has 36 heavy (non-hydrogen) atoms. The highest BCUT2D eigenvalue weighted by Crippen LogP contribution is 2.35. The summed E-state index contributed by atoms with van der Waals surface area (Å²) in [6.07, 6.45) is 3.30. The van der Waals surface area contributed by atoms with Gasteiger partial charge in [-0.1, -0.05) is 42.2 Å². The second-order valence-corrected chi connectivity index (χ2v) is 10.5. The lowest BCUT2D eigenvalue weighted by molar-refractivity contribution is -0.122. The van der Waals surface area contributed by atoms with E-state index in [-0.39, 0.29) is 23.7 Å². The van der Waals surface area contributed by atoms with Crippen LogP contribution in [0.25, 0.3) is 11.7 Å². The van der Waals surface area contributed by atoms with Crippen molar-refractivity contribution in [3.63, 3.8) is 0 Å². The van der Waals surface area contributed by atoms with Crippen molar-refractivity contribution >= 4 is 51.7 Å². The largest absolute Gasteiger partial charge is 0.497 e. The van der Waals surface area contributed by atoms with Gasteiger partial charge in [0.05, 0.1) is 36.3 Å². The number of amides is 1. The van der Waals surface area contributed by atoms with Crippen molar-refractivity contribution in [3.8, 4) is 5.75 Å². The van der Waals surface area contributed by atoms with Crippen LogP contribution in [0.4, 0.5) is 5.82 Å². The molecule has 0 saturated carbocycles. The van der Waals surface area contributed by atoms with Gasteiger partial charge in [0.2, 0.25) is 0 Å².